The van der Waals surface area contributed by atoms with Gasteiger partial charge in [0.15, 0.2) is 0 Å². The number of nitrogens with one attached hydrogen (secondary N) is 1. The highest BCUT2D eigenvalue weighted by molar-refractivity contribution is 7.15. The van der Waals surface area contributed by atoms with E-state index in [0.717, 1.165) is 22.5 Å². The van der Waals surface area contributed by atoms with Gasteiger partial charge in [0.1, 0.15) is 10.6 Å². The summed E-state index contributed by atoms with van der Waals surface area (Å²) in [4.78, 5) is 35.7. The van der Waals surface area contributed by atoms with Crippen LogP contribution in [0.3, 0.4) is 0 Å². The molecule has 31 heavy (non-hydrogen) atoms. The number of non-ortho nitro benzene ring substituents is 1. The van der Waals surface area contributed by atoms with E-state index in [1.54, 1.807) is 30.5 Å². The summed E-state index contributed by atoms with van der Waals surface area (Å²) in [6.45, 7) is 3.82. The second-order valence-corrected chi connectivity index (χ2v) is 7.49. The summed E-state index contributed by atoms with van der Waals surface area (Å²) >= 11 is 1.15. The molecule has 7 nitrogen and oxygen atoms in total. The standard InChI is InChI=1S/C23H20N2O5S/c1-3-30-23(27)21-19(17-5-4-6-18(13-17)25(28)29)14-31-22(21)24-20(26)12-11-16-9-7-15(2)8-10-16/h4-14H,3H2,1-2H3,(H,24,26). The molecule has 0 spiro atoms. The highest BCUT2D eigenvalue weighted by Crippen LogP contribution is 2.37. The van der Waals surface area contributed by atoms with Crippen LogP contribution < -0.4 is 5.32 Å². The van der Waals surface area contributed by atoms with E-state index in [2.05, 4.69) is 5.32 Å². The molecule has 2 aromatic carbocycles. The molecule has 158 valence electrons. The second kappa shape index (κ2) is 9.82. The van der Waals surface area contributed by atoms with Crippen LogP contribution >= 0.6 is 11.3 Å². The van der Waals surface area contributed by atoms with Crippen molar-refractivity contribution in [2.45, 2.75) is 13.8 Å². The number of carbonyl (C=O) groups is 2. The van der Waals surface area contributed by atoms with Crippen LogP contribution in [0.15, 0.2) is 60.0 Å². The third kappa shape index (κ3) is 5.43. The summed E-state index contributed by atoms with van der Waals surface area (Å²) in [5.74, 6) is -1.01. The molecule has 0 saturated heterocycles. The fourth-order valence-corrected chi connectivity index (χ4v) is 3.82. The topological polar surface area (TPSA) is 98.5 Å². The maximum absolute atomic E-state index is 12.6. The lowest BCUT2D eigenvalue weighted by Gasteiger charge is -2.08. The fourth-order valence-electron chi connectivity index (χ4n) is 2.86. The second-order valence-electron chi connectivity index (χ2n) is 6.61. The third-order valence-electron chi connectivity index (χ3n) is 4.38. The number of nitro groups is 1. The van der Waals surface area contributed by atoms with E-state index in [1.165, 1.54) is 18.2 Å². The van der Waals surface area contributed by atoms with Gasteiger partial charge in [0.2, 0.25) is 5.91 Å². The Bertz CT molecular complexity index is 1150. The van der Waals surface area contributed by atoms with Crippen molar-refractivity contribution in [3.63, 3.8) is 0 Å². The Kier molecular flexibility index (Phi) is 6.94. The number of anilines is 1. The molecule has 0 saturated carbocycles. The molecule has 0 aliphatic heterocycles. The van der Waals surface area contributed by atoms with Crippen LogP contribution in [0.5, 0.6) is 0 Å². The predicted molar refractivity (Wildman–Crippen MR) is 121 cm³/mol. The minimum Gasteiger partial charge on any atom is -0.462 e. The lowest BCUT2D eigenvalue weighted by molar-refractivity contribution is -0.384. The number of aryl methyl sites for hydroxylation is 1. The number of amides is 1. The van der Waals surface area contributed by atoms with Gasteiger partial charge in [-0.1, -0.05) is 42.0 Å². The van der Waals surface area contributed by atoms with Gasteiger partial charge in [-0.05, 0) is 31.1 Å². The van der Waals surface area contributed by atoms with Crippen LogP contribution in [-0.4, -0.2) is 23.4 Å². The molecule has 8 heteroatoms. The zero-order valence-electron chi connectivity index (χ0n) is 17.0. The van der Waals surface area contributed by atoms with Gasteiger partial charge in [0.05, 0.1) is 11.5 Å². The molecule has 0 unspecified atom stereocenters. The number of nitrogens with zero attached hydrogens (tertiary/aromatic N) is 1. The number of hydrogen-bond donors (Lipinski definition) is 1. The van der Waals surface area contributed by atoms with Gasteiger partial charge in [-0.2, -0.15) is 0 Å². The summed E-state index contributed by atoms with van der Waals surface area (Å²) in [5, 5.41) is 15.8. The molecule has 1 amide bonds. The summed E-state index contributed by atoms with van der Waals surface area (Å²) in [7, 11) is 0. The van der Waals surface area contributed by atoms with Crippen molar-refractivity contribution in [2.75, 3.05) is 11.9 Å². The average molecular weight is 436 g/mol. The van der Waals surface area contributed by atoms with E-state index in [9.17, 15) is 19.7 Å². The molecule has 0 aliphatic rings. The molecule has 0 aliphatic carbocycles. The zero-order valence-corrected chi connectivity index (χ0v) is 17.8. The molecule has 0 radical (unpaired) electrons. The first-order chi connectivity index (χ1) is 14.9. The van der Waals surface area contributed by atoms with Crippen molar-refractivity contribution < 1.29 is 19.2 Å². The van der Waals surface area contributed by atoms with E-state index in [4.69, 9.17) is 4.74 Å². The van der Waals surface area contributed by atoms with Gasteiger partial charge in [-0.3, -0.25) is 14.9 Å². The zero-order chi connectivity index (χ0) is 22.4. The minimum absolute atomic E-state index is 0.0925. The highest BCUT2D eigenvalue weighted by atomic mass is 32.1. The van der Waals surface area contributed by atoms with Crippen molar-refractivity contribution in [1.82, 2.24) is 0 Å². The SMILES string of the molecule is CCOC(=O)c1c(-c2cccc([N+](=O)[O-])c2)csc1NC(=O)C=Cc1ccc(C)cc1. The number of nitro benzene ring substituents is 1. The van der Waals surface area contributed by atoms with Crippen molar-refractivity contribution >= 4 is 40.0 Å². The van der Waals surface area contributed by atoms with Crippen LogP contribution in [0.25, 0.3) is 17.2 Å². The maximum atomic E-state index is 12.6. The van der Waals surface area contributed by atoms with Crippen molar-refractivity contribution in [3.8, 4) is 11.1 Å². The first kappa shape index (κ1) is 21.9. The number of benzene rings is 2. The lowest BCUT2D eigenvalue weighted by Crippen LogP contribution is -2.12. The Labute approximate surface area is 183 Å². The predicted octanol–water partition coefficient (Wildman–Crippen LogP) is 5.46. The van der Waals surface area contributed by atoms with Crippen molar-refractivity contribution in [3.05, 3.63) is 86.8 Å². The summed E-state index contributed by atoms with van der Waals surface area (Å²) < 4.78 is 5.15. The number of thiophene rings is 1. The molecule has 3 aromatic rings. The first-order valence-electron chi connectivity index (χ1n) is 9.48. The van der Waals surface area contributed by atoms with Crippen LogP contribution in [-0.2, 0) is 9.53 Å². The van der Waals surface area contributed by atoms with Crippen LogP contribution in [0.2, 0.25) is 0 Å². The van der Waals surface area contributed by atoms with Gasteiger partial charge in [-0.25, -0.2) is 4.79 Å². The van der Waals surface area contributed by atoms with Crippen LogP contribution in [0, 0.1) is 17.0 Å². The van der Waals surface area contributed by atoms with Crippen molar-refractivity contribution in [2.24, 2.45) is 0 Å². The van der Waals surface area contributed by atoms with Crippen molar-refractivity contribution in [1.29, 1.82) is 0 Å². The Morgan fingerprint density at radius 2 is 1.94 bits per heavy atom. The van der Waals surface area contributed by atoms with Gasteiger partial charge in [0, 0.05) is 29.2 Å². The Hall–Kier alpha value is -3.78. The van der Waals surface area contributed by atoms with Crippen LogP contribution in [0.4, 0.5) is 10.7 Å². The largest absolute Gasteiger partial charge is 0.462 e. The van der Waals surface area contributed by atoms with Gasteiger partial charge < -0.3 is 10.1 Å². The first-order valence-corrected chi connectivity index (χ1v) is 10.4. The molecule has 0 atom stereocenters. The smallest absolute Gasteiger partial charge is 0.341 e. The van der Waals surface area contributed by atoms with Gasteiger partial charge in [-0.15, -0.1) is 11.3 Å². The Balaban J connectivity index is 1.90. The molecule has 1 heterocycles. The van der Waals surface area contributed by atoms with E-state index in [1.807, 2.05) is 31.2 Å². The summed E-state index contributed by atoms with van der Waals surface area (Å²) in [6, 6.07) is 13.7. The van der Waals surface area contributed by atoms with E-state index < -0.39 is 16.8 Å². The molecule has 0 bridgehead atoms. The van der Waals surface area contributed by atoms with Gasteiger partial charge in [0.25, 0.3) is 5.69 Å². The molecular weight excluding hydrogens is 416 g/mol. The molecule has 0 fully saturated rings. The molecule has 1 N–H and O–H groups in total. The maximum Gasteiger partial charge on any atom is 0.341 e. The highest BCUT2D eigenvalue weighted by Gasteiger charge is 2.23. The van der Waals surface area contributed by atoms with E-state index >= 15 is 0 Å². The third-order valence-corrected chi connectivity index (χ3v) is 5.28. The quantitative estimate of drug-likeness (QED) is 0.229. The number of carbonyl (C=O) groups excluding carboxylic acids is 2. The fraction of sp³-hybridized carbons (Fsp3) is 0.130. The summed E-state index contributed by atoms with van der Waals surface area (Å²) in [5.41, 5.74) is 3.02. The lowest BCUT2D eigenvalue weighted by atomic mass is 10.0. The average Bonchev–Trinajstić information content (AvgIpc) is 3.17. The Morgan fingerprint density at radius 3 is 2.61 bits per heavy atom. The minimum atomic E-state index is -0.608. The van der Waals surface area contributed by atoms with E-state index in [0.29, 0.717) is 16.1 Å². The Morgan fingerprint density at radius 1 is 1.19 bits per heavy atom. The molecule has 1 aromatic heterocycles. The number of rotatable bonds is 7. The van der Waals surface area contributed by atoms with Gasteiger partial charge >= 0.3 is 5.97 Å². The number of ether oxygens (including phenoxy) is 1. The van der Waals surface area contributed by atoms with Crippen LogP contribution in [0.1, 0.15) is 28.4 Å². The normalized spacial score (nSPS) is 10.8. The van der Waals surface area contributed by atoms with E-state index in [-0.39, 0.29) is 17.9 Å². The molecular formula is C23H20N2O5S. The number of hydrogen-bond acceptors (Lipinski definition) is 6. The summed E-state index contributed by atoms with van der Waals surface area (Å²) in [6.07, 6.45) is 3.06. The monoisotopic (exact) mass is 436 g/mol. The molecule has 3 rings (SSSR count). The number of esters is 1.